The average Bonchev–Trinajstić information content (AvgIpc) is 3.26. The van der Waals surface area contributed by atoms with Crippen LogP contribution in [0.2, 0.25) is 0 Å². The van der Waals surface area contributed by atoms with E-state index in [1.165, 1.54) is 10.8 Å². The van der Waals surface area contributed by atoms with Crippen LogP contribution in [0.1, 0.15) is 24.9 Å². The molecule has 2 aromatic rings. The van der Waals surface area contributed by atoms with E-state index in [1.807, 2.05) is 6.92 Å². The molecule has 4 rings (SSSR count). The summed E-state index contributed by atoms with van der Waals surface area (Å²) in [5.74, 6) is -1.14. The minimum absolute atomic E-state index is 0.0601. The van der Waals surface area contributed by atoms with Crippen LogP contribution < -0.4 is 20.8 Å². The van der Waals surface area contributed by atoms with Gasteiger partial charge in [-0.1, -0.05) is 6.58 Å². The Labute approximate surface area is 165 Å². The molecule has 154 valence electrons. The number of benzene rings is 1. The molecule has 9 heteroatoms. The Morgan fingerprint density at radius 3 is 2.66 bits per heavy atom. The molecule has 1 saturated carbocycles. The van der Waals surface area contributed by atoms with Crippen molar-refractivity contribution in [3.05, 3.63) is 46.0 Å². The van der Waals surface area contributed by atoms with Gasteiger partial charge in [0.1, 0.15) is 12.0 Å². The van der Waals surface area contributed by atoms with Crippen LogP contribution in [0.15, 0.2) is 29.2 Å². The number of ether oxygens (including phenoxy) is 1. The molecule has 1 aromatic carbocycles. The molecule has 3 atom stereocenters. The van der Waals surface area contributed by atoms with Crippen LogP contribution in [-0.2, 0) is 0 Å². The van der Waals surface area contributed by atoms with E-state index in [9.17, 15) is 14.0 Å². The Hall–Kier alpha value is -2.94. The lowest BCUT2D eigenvalue weighted by Gasteiger charge is -2.25. The molecule has 0 bridgehead atoms. The number of rotatable bonds is 3. The minimum Gasteiger partial charge on any atom is -0.449 e. The first-order valence-corrected chi connectivity index (χ1v) is 9.16. The smallest absolute Gasteiger partial charge is 0.449 e. The van der Waals surface area contributed by atoms with Gasteiger partial charge in [-0.2, -0.15) is 0 Å². The van der Waals surface area contributed by atoms with Gasteiger partial charge in [-0.15, -0.1) is 0 Å². The zero-order valence-corrected chi connectivity index (χ0v) is 16.0. The predicted octanol–water partition coefficient (Wildman–Crippen LogP) is 2.88. The Balaban J connectivity index is 1.97. The molecule has 2 fully saturated rings. The van der Waals surface area contributed by atoms with Gasteiger partial charge in [0.05, 0.1) is 34.4 Å². The van der Waals surface area contributed by atoms with Crippen LogP contribution in [0.25, 0.3) is 10.9 Å². The number of pyridine rings is 1. The Morgan fingerprint density at radius 1 is 1.48 bits per heavy atom. The molecule has 2 heterocycles. The van der Waals surface area contributed by atoms with Gasteiger partial charge < -0.3 is 25.0 Å². The van der Waals surface area contributed by atoms with Crippen molar-refractivity contribution in [2.45, 2.75) is 38.0 Å². The normalized spacial score (nSPS) is 26.2. The summed E-state index contributed by atoms with van der Waals surface area (Å²) < 4.78 is 35.0. The van der Waals surface area contributed by atoms with E-state index >= 15 is 4.39 Å². The highest BCUT2D eigenvalue weighted by atomic mass is 19.1. The first kappa shape index (κ1) is 19.4. The number of fused-ring (bicyclic) bond motifs is 1. The van der Waals surface area contributed by atoms with E-state index in [0.717, 1.165) is 11.6 Å². The molecular formula is C20H21F2N3O4. The van der Waals surface area contributed by atoms with Crippen LogP contribution in [0.5, 0.6) is 5.75 Å². The third-order valence-electron chi connectivity index (χ3n) is 5.71. The van der Waals surface area contributed by atoms with Crippen molar-refractivity contribution in [3.8, 4) is 5.75 Å². The summed E-state index contributed by atoms with van der Waals surface area (Å²) in [6.07, 6.45) is -1.40. The van der Waals surface area contributed by atoms with Gasteiger partial charge in [-0.25, -0.2) is 13.6 Å². The monoisotopic (exact) mass is 405 g/mol. The number of carbonyl (C=O) groups is 1. The summed E-state index contributed by atoms with van der Waals surface area (Å²) in [5.41, 5.74) is 6.59. The lowest BCUT2D eigenvalue weighted by molar-refractivity contribution is 0.143. The molecule has 1 aromatic heterocycles. The molecule has 1 saturated heterocycles. The van der Waals surface area contributed by atoms with Gasteiger partial charge in [-0.05, 0) is 31.1 Å². The number of halogens is 2. The topological polar surface area (TPSA) is 97.8 Å². The van der Waals surface area contributed by atoms with Gasteiger partial charge >= 0.3 is 6.16 Å². The summed E-state index contributed by atoms with van der Waals surface area (Å²) >= 11 is 0. The second-order valence-corrected chi connectivity index (χ2v) is 8.02. The third-order valence-corrected chi connectivity index (χ3v) is 5.71. The summed E-state index contributed by atoms with van der Waals surface area (Å²) in [6, 6.07) is 0.482. The maximum Gasteiger partial charge on any atom is 0.511 e. The van der Waals surface area contributed by atoms with Crippen molar-refractivity contribution in [3.63, 3.8) is 0 Å². The van der Waals surface area contributed by atoms with Crippen molar-refractivity contribution < 1.29 is 23.4 Å². The van der Waals surface area contributed by atoms with E-state index in [2.05, 4.69) is 11.3 Å². The summed E-state index contributed by atoms with van der Waals surface area (Å²) in [6.45, 7) is 8.12. The number of hydrogen-bond acceptors (Lipinski definition) is 5. The van der Waals surface area contributed by atoms with E-state index in [1.54, 1.807) is 11.8 Å². The minimum atomic E-state index is -1.67. The van der Waals surface area contributed by atoms with E-state index in [-0.39, 0.29) is 17.5 Å². The molecule has 7 nitrogen and oxygen atoms in total. The van der Waals surface area contributed by atoms with Gasteiger partial charge in [0.15, 0.2) is 5.75 Å². The number of hydrogen-bond donors (Lipinski definition) is 2. The first-order chi connectivity index (χ1) is 13.5. The van der Waals surface area contributed by atoms with Crippen LogP contribution in [0.3, 0.4) is 0 Å². The molecule has 0 spiro atoms. The van der Waals surface area contributed by atoms with Crippen molar-refractivity contribution in [2.24, 2.45) is 5.73 Å². The number of nitrogens with two attached hydrogens (primary N) is 1. The number of anilines is 1. The van der Waals surface area contributed by atoms with Crippen LogP contribution >= 0.6 is 0 Å². The highest BCUT2D eigenvalue weighted by molar-refractivity contribution is 5.89. The van der Waals surface area contributed by atoms with Crippen molar-refractivity contribution >= 4 is 22.7 Å². The maximum atomic E-state index is 15.1. The van der Waals surface area contributed by atoms with Gasteiger partial charge in [0.2, 0.25) is 5.43 Å². The van der Waals surface area contributed by atoms with Crippen molar-refractivity contribution in [1.82, 2.24) is 4.57 Å². The summed E-state index contributed by atoms with van der Waals surface area (Å²) in [4.78, 5) is 25.4. The fourth-order valence-electron chi connectivity index (χ4n) is 4.03. The first-order valence-electron chi connectivity index (χ1n) is 9.16. The highest BCUT2D eigenvalue weighted by Gasteiger charge is 2.41. The van der Waals surface area contributed by atoms with Crippen molar-refractivity contribution in [1.29, 1.82) is 0 Å². The zero-order chi connectivity index (χ0) is 21.2. The average molecular weight is 405 g/mol. The zero-order valence-electron chi connectivity index (χ0n) is 16.0. The van der Waals surface area contributed by atoms with E-state index in [0.29, 0.717) is 24.2 Å². The summed E-state index contributed by atoms with van der Waals surface area (Å²) in [7, 11) is 0. The summed E-state index contributed by atoms with van der Waals surface area (Å²) in [5, 5.41) is 8.83. The molecule has 29 heavy (non-hydrogen) atoms. The molecule has 0 amide bonds. The van der Waals surface area contributed by atoms with Crippen LogP contribution in [0, 0.1) is 12.7 Å². The van der Waals surface area contributed by atoms with Crippen LogP contribution in [0.4, 0.5) is 19.3 Å². The maximum absolute atomic E-state index is 15.1. The lowest BCUT2D eigenvalue weighted by atomic mass is 9.99. The van der Waals surface area contributed by atoms with Gasteiger partial charge in [0.25, 0.3) is 0 Å². The highest BCUT2D eigenvalue weighted by Crippen LogP contribution is 2.43. The third kappa shape index (κ3) is 3.05. The van der Waals surface area contributed by atoms with Crippen molar-refractivity contribution in [2.75, 3.05) is 18.0 Å². The fourth-order valence-corrected chi connectivity index (χ4v) is 4.03. The molecular weight excluding hydrogens is 384 g/mol. The Bertz CT molecular complexity index is 1130. The molecule has 1 aliphatic carbocycles. The van der Waals surface area contributed by atoms with Gasteiger partial charge in [0, 0.05) is 19.5 Å². The predicted molar refractivity (Wildman–Crippen MR) is 104 cm³/mol. The van der Waals surface area contributed by atoms with E-state index < -0.39 is 40.9 Å². The number of alkyl halides is 1. The number of aromatic nitrogens is 1. The second-order valence-electron chi connectivity index (χ2n) is 8.02. The quantitative estimate of drug-likeness (QED) is 0.602. The fraction of sp³-hybridized carbons (Fsp3) is 0.400. The Kier molecular flexibility index (Phi) is 4.20. The van der Waals surface area contributed by atoms with E-state index in [4.69, 9.17) is 10.8 Å². The molecule has 0 radical (unpaired) electrons. The standard InChI is InChI=1S/C20H21F2N3O4/c1-9-6-24(8-20(9,3)23)17-10(2)16-11(4-13(17)22)18(26)15(29-19(27)28)7-25(16)14-5-12(14)21/h4,7,12,14H,1,5-6,8,23H2,2-3H3,(H,27,28)/t12-,14+,20?/m0/s1. The molecule has 1 aliphatic heterocycles. The number of aryl methyl sites for hydroxylation is 1. The SMILES string of the molecule is C=C1CN(c2c(F)cc3c(=O)c(OC(=O)O)cn([C@@H]4C[C@@H]4F)c3c2C)CC1(C)N. The molecule has 1 unspecified atom stereocenters. The molecule has 2 aliphatic rings. The Morgan fingerprint density at radius 2 is 2.14 bits per heavy atom. The molecule has 3 N–H and O–H groups in total. The number of carboxylic acid groups (broad SMARTS) is 1. The number of nitrogens with zero attached hydrogens (tertiary/aromatic N) is 2. The van der Waals surface area contributed by atoms with Gasteiger partial charge in [-0.3, -0.25) is 4.79 Å². The largest absolute Gasteiger partial charge is 0.511 e. The second kappa shape index (κ2) is 6.28. The van der Waals surface area contributed by atoms with Crippen LogP contribution in [-0.4, -0.2) is 40.6 Å². The lowest BCUT2D eigenvalue weighted by Crippen LogP contribution is -2.40.